The van der Waals surface area contributed by atoms with Crippen molar-refractivity contribution >= 4 is 22.9 Å². The van der Waals surface area contributed by atoms with Gasteiger partial charge in [0.1, 0.15) is 11.5 Å². The molecule has 0 aromatic heterocycles. The lowest BCUT2D eigenvalue weighted by Gasteiger charge is -2.08. The third kappa shape index (κ3) is 3.05. The highest BCUT2D eigenvalue weighted by Gasteiger charge is 2.09. The van der Waals surface area contributed by atoms with E-state index in [1.807, 2.05) is 36.4 Å². The SMILES string of the molecule is COc1ccc2ccccc2c1/C=N\NC(=O)c1ccccc1O. The number of hydrogen-bond donors (Lipinski definition) is 2. The van der Waals surface area contributed by atoms with Crippen molar-refractivity contribution < 1.29 is 14.6 Å². The number of phenolic OH excluding ortho intramolecular Hbond substituents is 1. The summed E-state index contributed by atoms with van der Waals surface area (Å²) in [6.45, 7) is 0. The van der Waals surface area contributed by atoms with Gasteiger partial charge >= 0.3 is 0 Å². The summed E-state index contributed by atoms with van der Waals surface area (Å²) >= 11 is 0. The Morgan fingerprint density at radius 3 is 2.62 bits per heavy atom. The number of rotatable bonds is 4. The number of phenols is 1. The van der Waals surface area contributed by atoms with Crippen LogP contribution in [0, 0.1) is 0 Å². The Morgan fingerprint density at radius 1 is 1.08 bits per heavy atom. The molecule has 0 saturated carbocycles. The summed E-state index contributed by atoms with van der Waals surface area (Å²) in [6.07, 6.45) is 1.54. The number of amides is 1. The van der Waals surface area contributed by atoms with E-state index in [4.69, 9.17) is 4.74 Å². The Balaban J connectivity index is 1.88. The molecule has 3 aromatic carbocycles. The molecule has 0 atom stereocenters. The molecule has 0 heterocycles. The van der Waals surface area contributed by atoms with E-state index in [9.17, 15) is 9.90 Å². The monoisotopic (exact) mass is 320 g/mol. The van der Waals surface area contributed by atoms with E-state index in [0.717, 1.165) is 16.3 Å². The molecule has 1 amide bonds. The molecule has 5 nitrogen and oxygen atoms in total. The van der Waals surface area contributed by atoms with E-state index in [0.29, 0.717) is 5.75 Å². The molecule has 0 unspecified atom stereocenters. The topological polar surface area (TPSA) is 70.9 Å². The molecule has 0 saturated heterocycles. The van der Waals surface area contributed by atoms with E-state index in [2.05, 4.69) is 10.5 Å². The fraction of sp³-hybridized carbons (Fsp3) is 0.0526. The minimum Gasteiger partial charge on any atom is -0.507 e. The number of nitrogens with one attached hydrogen (secondary N) is 1. The van der Waals surface area contributed by atoms with Gasteiger partial charge in [0, 0.05) is 5.56 Å². The Morgan fingerprint density at radius 2 is 1.83 bits per heavy atom. The Kier molecular flexibility index (Phi) is 4.43. The third-order valence-corrected chi connectivity index (χ3v) is 3.66. The molecule has 24 heavy (non-hydrogen) atoms. The van der Waals surface area contributed by atoms with Gasteiger partial charge in [0.15, 0.2) is 0 Å². The highest BCUT2D eigenvalue weighted by Crippen LogP contribution is 2.26. The summed E-state index contributed by atoms with van der Waals surface area (Å²) in [4.78, 5) is 12.1. The number of benzene rings is 3. The quantitative estimate of drug-likeness (QED) is 0.572. The van der Waals surface area contributed by atoms with Crippen molar-refractivity contribution in [3.05, 3.63) is 71.8 Å². The van der Waals surface area contributed by atoms with Crippen LogP contribution in [-0.4, -0.2) is 24.3 Å². The first-order valence-electron chi connectivity index (χ1n) is 7.38. The summed E-state index contributed by atoms with van der Waals surface area (Å²) in [7, 11) is 1.59. The van der Waals surface area contributed by atoms with Gasteiger partial charge in [0.25, 0.3) is 5.91 Å². The molecule has 120 valence electrons. The van der Waals surface area contributed by atoms with Crippen LogP contribution in [0.5, 0.6) is 11.5 Å². The summed E-state index contributed by atoms with van der Waals surface area (Å²) in [5.41, 5.74) is 3.36. The Bertz CT molecular complexity index is 919. The van der Waals surface area contributed by atoms with Crippen LogP contribution in [0.1, 0.15) is 15.9 Å². The summed E-state index contributed by atoms with van der Waals surface area (Å²) in [6, 6.07) is 18.0. The molecule has 0 fully saturated rings. The second-order valence-corrected chi connectivity index (χ2v) is 5.12. The maximum absolute atomic E-state index is 12.1. The van der Waals surface area contributed by atoms with Crippen LogP contribution in [0.25, 0.3) is 10.8 Å². The molecule has 0 radical (unpaired) electrons. The molecule has 3 aromatic rings. The lowest BCUT2D eigenvalue weighted by Crippen LogP contribution is -2.17. The zero-order valence-corrected chi connectivity index (χ0v) is 13.1. The normalized spacial score (nSPS) is 10.9. The smallest absolute Gasteiger partial charge is 0.275 e. The number of nitrogens with zero attached hydrogens (tertiary/aromatic N) is 1. The minimum atomic E-state index is -0.483. The van der Waals surface area contributed by atoms with Gasteiger partial charge in [-0.25, -0.2) is 5.43 Å². The number of hydrogen-bond acceptors (Lipinski definition) is 4. The lowest BCUT2D eigenvalue weighted by atomic mass is 10.0. The molecule has 0 aliphatic carbocycles. The van der Waals surface area contributed by atoms with E-state index in [1.165, 1.54) is 12.1 Å². The molecule has 0 aliphatic rings. The molecule has 0 bridgehead atoms. The number of hydrazone groups is 1. The number of ether oxygens (including phenoxy) is 1. The van der Waals surface area contributed by atoms with Crippen LogP contribution >= 0.6 is 0 Å². The largest absolute Gasteiger partial charge is 0.507 e. The van der Waals surface area contributed by atoms with Crippen molar-refractivity contribution in [3.63, 3.8) is 0 Å². The van der Waals surface area contributed by atoms with Gasteiger partial charge in [-0.05, 0) is 29.0 Å². The van der Waals surface area contributed by atoms with Gasteiger partial charge < -0.3 is 9.84 Å². The number of methoxy groups -OCH3 is 1. The van der Waals surface area contributed by atoms with Crippen molar-refractivity contribution in [1.82, 2.24) is 5.43 Å². The molecule has 5 heteroatoms. The number of aromatic hydroxyl groups is 1. The van der Waals surface area contributed by atoms with Crippen LogP contribution in [0.2, 0.25) is 0 Å². The van der Waals surface area contributed by atoms with Gasteiger partial charge in [-0.2, -0.15) is 5.10 Å². The summed E-state index contributed by atoms with van der Waals surface area (Å²) < 4.78 is 5.37. The molecular weight excluding hydrogens is 304 g/mol. The van der Waals surface area contributed by atoms with Crippen molar-refractivity contribution in [2.45, 2.75) is 0 Å². The first-order valence-corrected chi connectivity index (χ1v) is 7.38. The second-order valence-electron chi connectivity index (χ2n) is 5.12. The zero-order chi connectivity index (χ0) is 16.9. The maximum atomic E-state index is 12.1. The summed E-state index contributed by atoms with van der Waals surface area (Å²) in [5, 5.41) is 15.7. The molecule has 0 aliphatic heterocycles. The van der Waals surface area contributed by atoms with Crippen molar-refractivity contribution in [2.24, 2.45) is 5.10 Å². The molecule has 2 N–H and O–H groups in total. The first-order chi connectivity index (χ1) is 11.7. The van der Waals surface area contributed by atoms with Gasteiger partial charge in [0.2, 0.25) is 0 Å². The zero-order valence-electron chi connectivity index (χ0n) is 13.1. The van der Waals surface area contributed by atoms with E-state index in [1.54, 1.807) is 25.5 Å². The molecule has 3 rings (SSSR count). The number of fused-ring (bicyclic) bond motifs is 1. The number of carbonyl (C=O) groups excluding carboxylic acids is 1. The average Bonchev–Trinajstić information content (AvgIpc) is 2.62. The molecule has 0 spiro atoms. The highest BCUT2D eigenvalue weighted by atomic mass is 16.5. The predicted molar refractivity (Wildman–Crippen MR) is 93.7 cm³/mol. The Labute approximate surface area is 139 Å². The second kappa shape index (κ2) is 6.83. The fourth-order valence-corrected chi connectivity index (χ4v) is 2.47. The van der Waals surface area contributed by atoms with Crippen molar-refractivity contribution in [1.29, 1.82) is 0 Å². The minimum absolute atomic E-state index is 0.0899. The van der Waals surface area contributed by atoms with Crippen LogP contribution in [0.3, 0.4) is 0 Å². The van der Waals surface area contributed by atoms with Crippen molar-refractivity contribution in [3.8, 4) is 11.5 Å². The van der Waals surface area contributed by atoms with Crippen LogP contribution in [0.15, 0.2) is 65.8 Å². The Hall–Kier alpha value is -3.34. The van der Waals surface area contributed by atoms with Gasteiger partial charge in [-0.3, -0.25) is 4.79 Å². The highest BCUT2D eigenvalue weighted by molar-refractivity contribution is 6.03. The van der Waals surface area contributed by atoms with Crippen LogP contribution in [0.4, 0.5) is 0 Å². The third-order valence-electron chi connectivity index (χ3n) is 3.66. The van der Waals surface area contributed by atoms with Crippen LogP contribution in [-0.2, 0) is 0 Å². The average molecular weight is 320 g/mol. The number of para-hydroxylation sites is 1. The van der Waals surface area contributed by atoms with Crippen molar-refractivity contribution in [2.75, 3.05) is 7.11 Å². The van der Waals surface area contributed by atoms with E-state index in [-0.39, 0.29) is 11.3 Å². The van der Waals surface area contributed by atoms with Crippen LogP contribution < -0.4 is 10.2 Å². The predicted octanol–water partition coefficient (Wildman–Crippen LogP) is 3.32. The first kappa shape index (κ1) is 15.6. The lowest BCUT2D eigenvalue weighted by molar-refractivity contribution is 0.0952. The fourth-order valence-electron chi connectivity index (χ4n) is 2.47. The number of carbonyl (C=O) groups is 1. The van der Waals surface area contributed by atoms with Gasteiger partial charge in [-0.15, -0.1) is 0 Å². The standard InChI is InChI=1S/C19H16N2O3/c1-24-18-11-10-13-6-2-3-7-14(13)16(18)12-20-21-19(23)15-8-4-5-9-17(15)22/h2-12,22H,1H3,(H,21,23)/b20-12-. The summed E-state index contributed by atoms with van der Waals surface area (Å²) in [5.74, 6) is 0.0887. The van der Waals surface area contributed by atoms with Gasteiger partial charge in [-0.1, -0.05) is 42.5 Å². The van der Waals surface area contributed by atoms with E-state index < -0.39 is 5.91 Å². The maximum Gasteiger partial charge on any atom is 0.275 e. The molecular formula is C19H16N2O3. The van der Waals surface area contributed by atoms with E-state index >= 15 is 0 Å². The van der Waals surface area contributed by atoms with Gasteiger partial charge in [0.05, 0.1) is 18.9 Å².